The molecule has 0 radical (unpaired) electrons. The molecule has 1 N–H and O–H groups in total. The van der Waals surface area contributed by atoms with E-state index in [1.54, 1.807) is 7.11 Å². The molecule has 5 rings (SSSR count). The number of hydrogen-bond acceptors (Lipinski definition) is 5. The third kappa shape index (κ3) is 3.10. The molecule has 144 valence electrons. The number of ether oxygens (including phenoxy) is 2. The predicted molar refractivity (Wildman–Crippen MR) is 108 cm³/mol. The van der Waals surface area contributed by atoms with Crippen molar-refractivity contribution in [2.75, 3.05) is 20.3 Å². The smallest absolute Gasteiger partial charge is 0.155 e. The Kier molecular flexibility index (Phi) is 4.20. The topological polar surface area (TPSA) is 60.9 Å². The summed E-state index contributed by atoms with van der Waals surface area (Å²) in [5.74, 6) is 2.21. The number of nitrogens with one attached hydrogen (secondary N) is 1. The van der Waals surface area contributed by atoms with E-state index in [0.29, 0.717) is 24.2 Å². The maximum atomic E-state index is 6.14. The number of aromatic nitrogens is 2. The lowest BCUT2D eigenvalue weighted by molar-refractivity contribution is 0.278. The average Bonchev–Trinajstić information content (AvgIpc) is 3.43. The number of aryl methyl sites for hydroxylation is 1. The van der Waals surface area contributed by atoms with Gasteiger partial charge in [-0.3, -0.25) is 0 Å². The standard InChI is InChI=1S/C22H23N3O3/c1-14-5-6-22-24-18(12-25(22)11-14)21-10-17-19(27-13-15-4-3-7-23-15)8-16(26-2)9-20(17)28-21/h5-6,8-12,15,23H,3-4,7,13H2,1-2H3/t15-/m0/s1. The van der Waals surface area contributed by atoms with Gasteiger partial charge in [0.25, 0.3) is 0 Å². The molecule has 1 atom stereocenters. The second-order valence-corrected chi connectivity index (χ2v) is 7.35. The van der Waals surface area contributed by atoms with E-state index in [1.807, 2.05) is 34.9 Å². The van der Waals surface area contributed by atoms with E-state index in [0.717, 1.165) is 41.0 Å². The molecule has 28 heavy (non-hydrogen) atoms. The van der Waals surface area contributed by atoms with Crippen LogP contribution in [0.4, 0.5) is 0 Å². The first kappa shape index (κ1) is 17.1. The first-order valence-corrected chi connectivity index (χ1v) is 9.63. The predicted octanol–water partition coefficient (Wildman–Crippen LogP) is 4.20. The van der Waals surface area contributed by atoms with Crippen LogP contribution in [0, 0.1) is 6.92 Å². The zero-order chi connectivity index (χ0) is 19.1. The number of furan rings is 1. The van der Waals surface area contributed by atoms with Gasteiger partial charge in [-0.25, -0.2) is 4.98 Å². The summed E-state index contributed by atoms with van der Waals surface area (Å²) in [6, 6.07) is 10.3. The Balaban J connectivity index is 1.53. The fourth-order valence-electron chi connectivity index (χ4n) is 3.76. The second-order valence-electron chi connectivity index (χ2n) is 7.35. The van der Waals surface area contributed by atoms with Crippen LogP contribution in [-0.4, -0.2) is 35.7 Å². The molecular weight excluding hydrogens is 354 g/mol. The Morgan fingerprint density at radius 1 is 1.25 bits per heavy atom. The first-order valence-electron chi connectivity index (χ1n) is 9.63. The van der Waals surface area contributed by atoms with Gasteiger partial charge in [-0.05, 0) is 44.0 Å². The second kappa shape index (κ2) is 6.87. The van der Waals surface area contributed by atoms with Crippen LogP contribution in [0.2, 0.25) is 0 Å². The van der Waals surface area contributed by atoms with E-state index in [2.05, 4.69) is 29.5 Å². The first-order chi connectivity index (χ1) is 13.7. The number of imidazole rings is 1. The minimum Gasteiger partial charge on any atom is -0.496 e. The van der Waals surface area contributed by atoms with Crippen molar-refractivity contribution in [3.8, 4) is 23.0 Å². The Bertz CT molecular complexity index is 1140. The summed E-state index contributed by atoms with van der Waals surface area (Å²) < 4.78 is 19.7. The molecule has 4 heterocycles. The zero-order valence-corrected chi connectivity index (χ0v) is 16.1. The summed E-state index contributed by atoms with van der Waals surface area (Å²) in [5.41, 5.74) is 3.60. The van der Waals surface area contributed by atoms with E-state index in [4.69, 9.17) is 13.9 Å². The van der Waals surface area contributed by atoms with Gasteiger partial charge in [0.15, 0.2) is 5.76 Å². The molecule has 1 aliphatic rings. The summed E-state index contributed by atoms with van der Waals surface area (Å²) in [6.07, 6.45) is 6.39. The van der Waals surface area contributed by atoms with Gasteiger partial charge < -0.3 is 23.6 Å². The fourth-order valence-corrected chi connectivity index (χ4v) is 3.76. The van der Waals surface area contributed by atoms with Gasteiger partial charge in [-0.2, -0.15) is 0 Å². The lowest BCUT2D eigenvalue weighted by Crippen LogP contribution is -2.28. The summed E-state index contributed by atoms with van der Waals surface area (Å²) >= 11 is 0. The number of methoxy groups -OCH3 is 1. The van der Waals surface area contributed by atoms with Crippen molar-refractivity contribution < 1.29 is 13.9 Å². The SMILES string of the molecule is COc1cc(OC[C@@H]2CCCN2)c2cc(-c3cn4cc(C)ccc4n3)oc2c1. The van der Waals surface area contributed by atoms with E-state index >= 15 is 0 Å². The summed E-state index contributed by atoms with van der Waals surface area (Å²) in [6.45, 7) is 3.76. The quantitative estimate of drug-likeness (QED) is 0.565. The molecule has 1 aromatic carbocycles. The fraction of sp³-hybridized carbons (Fsp3) is 0.318. The van der Waals surface area contributed by atoms with Crippen LogP contribution in [0.15, 0.2) is 47.1 Å². The van der Waals surface area contributed by atoms with Crippen molar-refractivity contribution in [2.45, 2.75) is 25.8 Å². The molecule has 0 amide bonds. The van der Waals surface area contributed by atoms with Crippen LogP contribution in [0.5, 0.6) is 11.5 Å². The summed E-state index contributed by atoms with van der Waals surface area (Å²) in [5, 5.41) is 4.39. The van der Waals surface area contributed by atoms with Crippen molar-refractivity contribution >= 4 is 16.6 Å². The Hall–Kier alpha value is -2.99. The van der Waals surface area contributed by atoms with Crippen LogP contribution in [0.1, 0.15) is 18.4 Å². The van der Waals surface area contributed by atoms with Gasteiger partial charge in [-0.15, -0.1) is 0 Å². The van der Waals surface area contributed by atoms with Gasteiger partial charge in [0.2, 0.25) is 0 Å². The number of hydrogen-bond donors (Lipinski definition) is 1. The molecule has 0 spiro atoms. The molecule has 4 aromatic rings. The monoisotopic (exact) mass is 377 g/mol. The van der Waals surface area contributed by atoms with Crippen LogP contribution < -0.4 is 14.8 Å². The lowest BCUT2D eigenvalue weighted by Gasteiger charge is -2.13. The zero-order valence-electron chi connectivity index (χ0n) is 16.1. The number of nitrogens with zero attached hydrogens (tertiary/aromatic N) is 2. The van der Waals surface area contributed by atoms with Gasteiger partial charge in [0.1, 0.15) is 35.0 Å². The molecule has 6 nitrogen and oxygen atoms in total. The molecule has 0 bridgehead atoms. The third-order valence-corrected chi connectivity index (χ3v) is 5.26. The molecular formula is C22H23N3O3. The normalized spacial score (nSPS) is 16.9. The number of fused-ring (bicyclic) bond motifs is 2. The van der Waals surface area contributed by atoms with Crippen molar-refractivity contribution in [1.29, 1.82) is 0 Å². The van der Waals surface area contributed by atoms with Gasteiger partial charge >= 0.3 is 0 Å². The van der Waals surface area contributed by atoms with Crippen LogP contribution in [0.3, 0.4) is 0 Å². The maximum Gasteiger partial charge on any atom is 0.155 e. The number of rotatable bonds is 5. The van der Waals surface area contributed by atoms with E-state index in [-0.39, 0.29) is 0 Å². The largest absolute Gasteiger partial charge is 0.496 e. The number of benzene rings is 1. The summed E-state index contributed by atoms with van der Waals surface area (Å²) in [7, 11) is 1.65. The number of pyridine rings is 1. The van der Waals surface area contributed by atoms with Crippen molar-refractivity contribution in [3.63, 3.8) is 0 Å². The molecule has 0 aliphatic carbocycles. The average molecular weight is 377 g/mol. The molecule has 0 unspecified atom stereocenters. The Labute approximate surface area is 163 Å². The molecule has 1 aliphatic heterocycles. The van der Waals surface area contributed by atoms with Gasteiger partial charge in [0.05, 0.1) is 12.5 Å². The molecule has 3 aromatic heterocycles. The van der Waals surface area contributed by atoms with E-state index in [9.17, 15) is 0 Å². The Morgan fingerprint density at radius 2 is 2.18 bits per heavy atom. The highest BCUT2D eigenvalue weighted by Gasteiger charge is 2.18. The van der Waals surface area contributed by atoms with Crippen LogP contribution >= 0.6 is 0 Å². The van der Waals surface area contributed by atoms with E-state index in [1.165, 1.54) is 12.0 Å². The van der Waals surface area contributed by atoms with Crippen molar-refractivity contribution in [2.24, 2.45) is 0 Å². The third-order valence-electron chi connectivity index (χ3n) is 5.26. The van der Waals surface area contributed by atoms with Gasteiger partial charge in [0, 0.05) is 30.6 Å². The minimum atomic E-state index is 0.398. The highest BCUT2D eigenvalue weighted by atomic mass is 16.5. The van der Waals surface area contributed by atoms with E-state index < -0.39 is 0 Å². The molecule has 1 saturated heterocycles. The summed E-state index contributed by atoms with van der Waals surface area (Å²) in [4.78, 5) is 4.69. The highest BCUT2D eigenvalue weighted by Crippen LogP contribution is 2.37. The molecule has 6 heteroatoms. The van der Waals surface area contributed by atoms with Gasteiger partial charge in [-0.1, -0.05) is 6.07 Å². The maximum absolute atomic E-state index is 6.14. The van der Waals surface area contributed by atoms with Crippen LogP contribution in [-0.2, 0) is 0 Å². The van der Waals surface area contributed by atoms with Crippen molar-refractivity contribution in [1.82, 2.24) is 14.7 Å². The molecule has 1 fully saturated rings. The lowest BCUT2D eigenvalue weighted by atomic mass is 10.2. The van der Waals surface area contributed by atoms with Crippen molar-refractivity contribution in [3.05, 3.63) is 48.3 Å². The Morgan fingerprint density at radius 3 is 3.00 bits per heavy atom. The minimum absolute atomic E-state index is 0.398. The van der Waals surface area contributed by atoms with Crippen LogP contribution in [0.25, 0.3) is 28.1 Å². The molecule has 0 saturated carbocycles. The highest BCUT2D eigenvalue weighted by molar-refractivity contribution is 5.89.